The first-order valence-corrected chi connectivity index (χ1v) is 7.92. The molecule has 0 spiro atoms. The van der Waals surface area contributed by atoms with Crippen LogP contribution < -0.4 is 5.32 Å². The summed E-state index contributed by atoms with van der Waals surface area (Å²) in [5, 5.41) is 8.76. The molecule has 1 rings (SSSR count). The molecule has 0 aliphatic carbocycles. The lowest BCUT2D eigenvalue weighted by atomic mass is 10.0. The summed E-state index contributed by atoms with van der Waals surface area (Å²) in [5.41, 5.74) is 1.14. The molecule has 0 aromatic carbocycles. The summed E-state index contributed by atoms with van der Waals surface area (Å²) >= 11 is 6.37. The van der Waals surface area contributed by atoms with E-state index in [9.17, 15) is 0 Å². The first-order valence-electron chi connectivity index (χ1n) is 7.55. The lowest BCUT2D eigenvalue weighted by Gasteiger charge is -2.21. The van der Waals surface area contributed by atoms with E-state index in [-0.39, 0.29) is 0 Å². The Bertz CT molecular complexity index is 387. The van der Waals surface area contributed by atoms with Crippen molar-refractivity contribution in [3.63, 3.8) is 0 Å². The van der Waals surface area contributed by atoms with Gasteiger partial charge in [-0.2, -0.15) is 5.10 Å². The van der Waals surface area contributed by atoms with Crippen molar-refractivity contribution in [1.82, 2.24) is 20.0 Å². The Morgan fingerprint density at radius 2 is 2.05 bits per heavy atom. The van der Waals surface area contributed by atoms with Gasteiger partial charge in [0.25, 0.3) is 0 Å². The monoisotopic (exact) mass is 300 g/mol. The summed E-state index contributed by atoms with van der Waals surface area (Å²) < 4.78 is 2.05. The van der Waals surface area contributed by atoms with Gasteiger partial charge >= 0.3 is 0 Å². The molecular weight excluding hydrogens is 272 g/mol. The Labute approximate surface area is 128 Å². The van der Waals surface area contributed by atoms with Crippen molar-refractivity contribution in [2.45, 2.75) is 46.2 Å². The van der Waals surface area contributed by atoms with Crippen LogP contribution in [0.2, 0.25) is 5.02 Å². The van der Waals surface area contributed by atoms with Gasteiger partial charge in [-0.15, -0.1) is 0 Å². The number of rotatable bonds is 9. The van der Waals surface area contributed by atoms with Crippen LogP contribution >= 0.6 is 11.6 Å². The lowest BCUT2D eigenvalue weighted by Crippen LogP contribution is -2.27. The standard InChI is InChI=1S/C15H29ClN4/c1-6-17-14(8-7-12(2)3)15-13(16)11-18-20(15)10-9-19(4)5/h11-12,14,17H,6-10H2,1-5H3. The van der Waals surface area contributed by atoms with E-state index in [1.54, 1.807) is 6.20 Å². The van der Waals surface area contributed by atoms with Crippen LogP contribution in [0.3, 0.4) is 0 Å². The van der Waals surface area contributed by atoms with E-state index in [1.807, 2.05) is 0 Å². The molecule has 0 saturated heterocycles. The first kappa shape index (κ1) is 17.5. The van der Waals surface area contributed by atoms with Crippen LogP contribution in [0, 0.1) is 5.92 Å². The van der Waals surface area contributed by atoms with Crippen molar-refractivity contribution in [1.29, 1.82) is 0 Å². The van der Waals surface area contributed by atoms with Crippen molar-refractivity contribution >= 4 is 11.6 Å². The van der Waals surface area contributed by atoms with Gasteiger partial charge in [0.1, 0.15) is 0 Å². The van der Waals surface area contributed by atoms with E-state index < -0.39 is 0 Å². The molecule has 0 amide bonds. The highest BCUT2D eigenvalue weighted by Crippen LogP contribution is 2.27. The molecule has 1 aromatic rings. The smallest absolute Gasteiger partial charge is 0.0834 e. The van der Waals surface area contributed by atoms with Crippen molar-refractivity contribution in [2.75, 3.05) is 27.2 Å². The fourth-order valence-electron chi connectivity index (χ4n) is 2.27. The molecular formula is C15H29ClN4. The van der Waals surface area contributed by atoms with Gasteiger partial charge in [-0.25, -0.2) is 0 Å². The molecule has 0 aliphatic heterocycles. The summed E-state index contributed by atoms with van der Waals surface area (Å²) in [7, 11) is 4.15. The maximum Gasteiger partial charge on any atom is 0.0834 e. The highest BCUT2D eigenvalue weighted by atomic mass is 35.5. The van der Waals surface area contributed by atoms with Gasteiger partial charge in [-0.05, 0) is 39.4 Å². The van der Waals surface area contributed by atoms with Gasteiger partial charge in [0.2, 0.25) is 0 Å². The molecule has 0 saturated carbocycles. The van der Waals surface area contributed by atoms with E-state index >= 15 is 0 Å². The van der Waals surface area contributed by atoms with Crippen LogP contribution in [-0.4, -0.2) is 41.9 Å². The molecule has 4 nitrogen and oxygen atoms in total. The maximum absolute atomic E-state index is 6.37. The van der Waals surface area contributed by atoms with E-state index in [4.69, 9.17) is 11.6 Å². The molecule has 0 bridgehead atoms. The van der Waals surface area contributed by atoms with Crippen LogP contribution in [0.4, 0.5) is 0 Å². The summed E-state index contributed by atoms with van der Waals surface area (Å²) in [6.07, 6.45) is 4.05. The fourth-order valence-corrected chi connectivity index (χ4v) is 2.55. The zero-order valence-corrected chi connectivity index (χ0v) is 14.2. The van der Waals surface area contributed by atoms with Gasteiger partial charge in [0, 0.05) is 6.54 Å². The SMILES string of the molecule is CCNC(CCC(C)C)c1c(Cl)cnn1CCN(C)C. The summed E-state index contributed by atoms with van der Waals surface area (Å²) in [6.45, 7) is 9.43. The van der Waals surface area contributed by atoms with Crippen molar-refractivity contribution in [2.24, 2.45) is 5.92 Å². The molecule has 1 heterocycles. The number of nitrogens with zero attached hydrogens (tertiary/aromatic N) is 3. The predicted octanol–water partition coefficient (Wildman–Crippen LogP) is 3.18. The topological polar surface area (TPSA) is 33.1 Å². The predicted molar refractivity (Wildman–Crippen MR) is 86.3 cm³/mol. The summed E-state index contributed by atoms with van der Waals surface area (Å²) in [6, 6.07) is 0.291. The van der Waals surface area contributed by atoms with Gasteiger partial charge < -0.3 is 10.2 Å². The number of hydrogen-bond acceptors (Lipinski definition) is 3. The molecule has 5 heteroatoms. The minimum atomic E-state index is 0.291. The Balaban J connectivity index is 2.84. The molecule has 1 unspecified atom stereocenters. The number of aromatic nitrogens is 2. The van der Waals surface area contributed by atoms with E-state index in [2.05, 4.69) is 54.9 Å². The third-order valence-electron chi connectivity index (χ3n) is 3.41. The Morgan fingerprint density at radius 1 is 1.35 bits per heavy atom. The number of halogens is 1. The summed E-state index contributed by atoms with van der Waals surface area (Å²) in [4.78, 5) is 2.16. The Kier molecular flexibility index (Phi) is 7.56. The fraction of sp³-hybridized carbons (Fsp3) is 0.800. The minimum absolute atomic E-state index is 0.291. The lowest BCUT2D eigenvalue weighted by molar-refractivity contribution is 0.356. The quantitative estimate of drug-likeness (QED) is 0.760. The van der Waals surface area contributed by atoms with Crippen LogP contribution in [0.15, 0.2) is 6.20 Å². The van der Waals surface area contributed by atoms with Crippen molar-refractivity contribution < 1.29 is 0 Å². The number of hydrogen-bond donors (Lipinski definition) is 1. The second-order valence-electron chi connectivity index (χ2n) is 5.99. The van der Waals surface area contributed by atoms with Gasteiger partial charge in [0.15, 0.2) is 0 Å². The largest absolute Gasteiger partial charge is 0.309 e. The Morgan fingerprint density at radius 3 is 2.60 bits per heavy atom. The number of likely N-dealkylation sites (N-methyl/N-ethyl adjacent to an activating group) is 1. The third kappa shape index (κ3) is 5.43. The maximum atomic E-state index is 6.37. The van der Waals surface area contributed by atoms with Crippen molar-refractivity contribution in [3.05, 3.63) is 16.9 Å². The molecule has 1 N–H and O–H groups in total. The first-order chi connectivity index (χ1) is 9.45. The minimum Gasteiger partial charge on any atom is -0.309 e. The van der Waals surface area contributed by atoms with Gasteiger partial charge in [-0.3, -0.25) is 4.68 Å². The molecule has 1 aromatic heterocycles. The average Bonchev–Trinajstić information content (AvgIpc) is 2.73. The second-order valence-corrected chi connectivity index (χ2v) is 6.39. The normalized spacial score (nSPS) is 13.4. The Hall–Kier alpha value is -0.580. The average molecular weight is 301 g/mol. The van der Waals surface area contributed by atoms with E-state index in [0.717, 1.165) is 36.8 Å². The van der Waals surface area contributed by atoms with Gasteiger partial charge in [0.05, 0.1) is 29.5 Å². The summed E-state index contributed by atoms with van der Waals surface area (Å²) in [5.74, 6) is 0.702. The van der Waals surface area contributed by atoms with Crippen molar-refractivity contribution in [3.8, 4) is 0 Å². The second kappa shape index (κ2) is 8.65. The molecule has 1 atom stereocenters. The van der Waals surface area contributed by atoms with E-state index in [0.29, 0.717) is 12.0 Å². The molecule has 116 valence electrons. The van der Waals surface area contributed by atoms with Crippen LogP contribution in [0.5, 0.6) is 0 Å². The molecule has 0 aliphatic rings. The molecule has 0 radical (unpaired) electrons. The van der Waals surface area contributed by atoms with Gasteiger partial charge in [-0.1, -0.05) is 32.4 Å². The zero-order chi connectivity index (χ0) is 15.1. The van der Waals surface area contributed by atoms with Crippen LogP contribution in [0.25, 0.3) is 0 Å². The third-order valence-corrected chi connectivity index (χ3v) is 3.70. The highest BCUT2D eigenvalue weighted by molar-refractivity contribution is 6.31. The molecule has 20 heavy (non-hydrogen) atoms. The number of nitrogens with one attached hydrogen (secondary N) is 1. The zero-order valence-electron chi connectivity index (χ0n) is 13.5. The highest BCUT2D eigenvalue weighted by Gasteiger charge is 2.19. The van der Waals surface area contributed by atoms with Crippen LogP contribution in [0.1, 0.15) is 45.3 Å². The van der Waals surface area contributed by atoms with Crippen LogP contribution in [-0.2, 0) is 6.54 Å². The van der Waals surface area contributed by atoms with E-state index in [1.165, 1.54) is 6.42 Å². The molecule has 0 fully saturated rings.